The minimum absolute atomic E-state index is 0. The Kier molecular flexibility index (Phi) is 9.09. The van der Waals surface area contributed by atoms with Gasteiger partial charge in [-0.25, -0.2) is 4.98 Å². The average Bonchev–Trinajstić information content (AvgIpc) is 3.19. The highest BCUT2D eigenvalue weighted by Crippen LogP contribution is 2.17. The van der Waals surface area contributed by atoms with Gasteiger partial charge in [0.1, 0.15) is 5.82 Å². The molecular weight excluding hydrogens is 455 g/mol. The van der Waals surface area contributed by atoms with Crippen LogP contribution in [0, 0.1) is 0 Å². The molecule has 7 nitrogen and oxygen atoms in total. The SMILES string of the molecule is CN=C(NCCC(=O)NC1CCCC1)N1CCN(c2ccccn2)CC1.I. The molecule has 150 valence electrons. The average molecular weight is 486 g/mol. The van der Waals surface area contributed by atoms with E-state index >= 15 is 0 Å². The number of aliphatic imine (C=N–C) groups is 1. The summed E-state index contributed by atoms with van der Waals surface area (Å²) in [5.74, 6) is 2.04. The van der Waals surface area contributed by atoms with E-state index in [0.717, 1.165) is 50.8 Å². The fourth-order valence-electron chi connectivity index (χ4n) is 3.68. The zero-order chi connectivity index (χ0) is 18.2. The molecule has 0 unspecified atom stereocenters. The minimum atomic E-state index is 0. The van der Waals surface area contributed by atoms with Gasteiger partial charge in [0.25, 0.3) is 0 Å². The Hall–Kier alpha value is -1.58. The second-order valence-corrected chi connectivity index (χ2v) is 6.93. The van der Waals surface area contributed by atoms with E-state index in [1.165, 1.54) is 12.8 Å². The maximum atomic E-state index is 12.0. The second kappa shape index (κ2) is 11.3. The molecule has 2 N–H and O–H groups in total. The summed E-state index contributed by atoms with van der Waals surface area (Å²) >= 11 is 0. The van der Waals surface area contributed by atoms with Crippen LogP contribution in [0.25, 0.3) is 0 Å². The zero-order valence-electron chi connectivity index (χ0n) is 16.1. The number of carbonyl (C=O) groups excluding carboxylic acids is 1. The lowest BCUT2D eigenvalue weighted by molar-refractivity contribution is -0.121. The van der Waals surface area contributed by atoms with E-state index in [9.17, 15) is 4.79 Å². The highest BCUT2D eigenvalue weighted by atomic mass is 127. The Bertz CT molecular complexity index is 597. The number of amides is 1. The Balaban J connectivity index is 0.00000261. The van der Waals surface area contributed by atoms with Crippen molar-refractivity contribution in [2.45, 2.75) is 38.1 Å². The number of hydrogen-bond acceptors (Lipinski definition) is 4. The van der Waals surface area contributed by atoms with Crippen LogP contribution in [0.4, 0.5) is 5.82 Å². The van der Waals surface area contributed by atoms with Gasteiger partial charge in [-0.1, -0.05) is 18.9 Å². The minimum Gasteiger partial charge on any atom is -0.356 e. The van der Waals surface area contributed by atoms with Gasteiger partial charge >= 0.3 is 0 Å². The normalized spacial score (nSPS) is 18.2. The number of pyridine rings is 1. The summed E-state index contributed by atoms with van der Waals surface area (Å²) < 4.78 is 0. The molecule has 1 aromatic rings. The molecule has 1 aliphatic carbocycles. The van der Waals surface area contributed by atoms with E-state index in [0.29, 0.717) is 19.0 Å². The van der Waals surface area contributed by atoms with Crippen LogP contribution in [0.1, 0.15) is 32.1 Å². The molecule has 0 aromatic carbocycles. The first kappa shape index (κ1) is 21.7. The number of piperazine rings is 1. The largest absolute Gasteiger partial charge is 0.356 e. The second-order valence-electron chi connectivity index (χ2n) is 6.93. The number of nitrogens with one attached hydrogen (secondary N) is 2. The Morgan fingerprint density at radius 1 is 1.22 bits per heavy atom. The number of guanidine groups is 1. The Morgan fingerprint density at radius 3 is 2.59 bits per heavy atom. The van der Waals surface area contributed by atoms with Crippen LogP contribution in [0.15, 0.2) is 29.4 Å². The smallest absolute Gasteiger partial charge is 0.221 e. The molecule has 2 aliphatic rings. The lowest BCUT2D eigenvalue weighted by Gasteiger charge is -2.37. The van der Waals surface area contributed by atoms with Gasteiger partial charge in [0.05, 0.1) is 0 Å². The number of nitrogens with zero attached hydrogens (tertiary/aromatic N) is 4. The van der Waals surface area contributed by atoms with E-state index in [4.69, 9.17) is 0 Å². The first-order valence-electron chi connectivity index (χ1n) is 9.67. The molecule has 3 rings (SSSR count). The fraction of sp³-hybridized carbons (Fsp3) is 0.632. The highest BCUT2D eigenvalue weighted by Gasteiger charge is 2.21. The van der Waals surface area contributed by atoms with Gasteiger partial charge in [0.15, 0.2) is 5.96 Å². The fourth-order valence-corrected chi connectivity index (χ4v) is 3.68. The molecule has 1 aromatic heterocycles. The molecule has 0 atom stereocenters. The van der Waals surface area contributed by atoms with Gasteiger partial charge in [-0.2, -0.15) is 0 Å². The maximum Gasteiger partial charge on any atom is 0.221 e. The third-order valence-corrected chi connectivity index (χ3v) is 5.12. The molecule has 0 radical (unpaired) electrons. The van der Waals surface area contributed by atoms with E-state index in [1.54, 1.807) is 7.05 Å². The Labute approximate surface area is 179 Å². The monoisotopic (exact) mass is 486 g/mol. The molecule has 1 saturated heterocycles. The predicted molar refractivity (Wildman–Crippen MR) is 120 cm³/mol. The summed E-state index contributed by atoms with van der Waals surface area (Å²) in [7, 11) is 1.80. The number of anilines is 1. The van der Waals surface area contributed by atoms with Crippen molar-refractivity contribution < 1.29 is 4.79 Å². The lowest BCUT2D eigenvalue weighted by Crippen LogP contribution is -2.53. The summed E-state index contributed by atoms with van der Waals surface area (Å²) in [6, 6.07) is 6.40. The third-order valence-electron chi connectivity index (χ3n) is 5.12. The maximum absolute atomic E-state index is 12.0. The summed E-state index contributed by atoms with van der Waals surface area (Å²) in [4.78, 5) is 25.4. The van der Waals surface area contributed by atoms with Crippen LogP contribution in [0.2, 0.25) is 0 Å². The summed E-state index contributed by atoms with van der Waals surface area (Å²) in [6.45, 7) is 4.24. The van der Waals surface area contributed by atoms with Gasteiger partial charge in [0.2, 0.25) is 5.91 Å². The van der Waals surface area contributed by atoms with Gasteiger partial charge < -0.3 is 20.4 Å². The quantitative estimate of drug-likeness (QED) is 0.378. The molecule has 2 fully saturated rings. The standard InChI is InChI=1S/C19H30N6O.HI/c1-20-19(22-11-9-18(26)23-16-6-2-3-7-16)25-14-12-24(13-15-25)17-8-4-5-10-21-17;/h4-5,8,10,16H,2-3,6-7,9,11-15H2,1H3,(H,20,22)(H,23,26);1H. The van der Waals surface area contributed by atoms with Crippen molar-refractivity contribution in [1.29, 1.82) is 0 Å². The molecule has 0 bridgehead atoms. The lowest BCUT2D eigenvalue weighted by atomic mass is 10.2. The van der Waals surface area contributed by atoms with E-state index < -0.39 is 0 Å². The number of hydrogen-bond donors (Lipinski definition) is 2. The van der Waals surface area contributed by atoms with Crippen LogP contribution in [-0.4, -0.2) is 67.6 Å². The molecule has 2 heterocycles. The van der Waals surface area contributed by atoms with Crippen LogP contribution in [-0.2, 0) is 4.79 Å². The molecule has 0 spiro atoms. The molecular formula is C19H31IN6O. The molecule has 1 aliphatic heterocycles. The van der Waals surface area contributed by atoms with Crippen molar-refractivity contribution in [3.8, 4) is 0 Å². The Morgan fingerprint density at radius 2 is 1.96 bits per heavy atom. The van der Waals surface area contributed by atoms with Crippen molar-refractivity contribution in [3.63, 3.8) is 0 Å². The van der Waals surface area contributed by atoms with Crippen molar-refractivity contribution in [2.24, 2.45) is 4.99 Å². The van der Waals surface area contributed by atoms with Gasteiger partial charge in [-0.05, 0) is 25.0 Å². The first-order valence-corrected chi connectivity index (χ1v) is 9.67. The molecule has 27 heavy (non-hydrogen) atoms. The van der Waals surface area contributed by atoms with Crippen LogP contribution >= 0.6 is 24.0 Å². The van der Waals surface area contributed by atoms with Crippen molar-refractivity contribution >= 4 is 41.7 Å². The van der Waals surface area contributed by atoms with Gasteiger partial charge in [0, 0.05) is 58.4 Å². The molecule has 8 heteroatoms. The summed E-state index contributed by atoms with van der Waals surface area (Å²) in [6.07, 6.45) is 7.05. The topological polar surface area (TPSA) is 72.9 Å². The van der Waals surface area contributed by atoms with Gasteiger partial charge in [-0.3, -0.25) is 9.79 Å². The highest BCUT2D eigenvalue weighted by molar-refractivity contribution is 14.0. The van der Waals surface area contributed by atoms with Crippen molar-refractivity contribution in [1.82, 2.24) is 20.5 Å². The van der Waals surface area contributed by atoms with Crippen molar-refractivity contribution in [2.75, 3.05) is 44.7 Å². The van der Waals surface area contributed by atoms with Crippen LogP contribution in [0.5, 0.6) is 0 Å². The third kappa shape index (κ3) is 6.51. The zero-order valence-corrected chi connectivity index (χ0v) is 18.4. The molecule has 1 saturated carbocycles. The number of rotatable bonds is 5. The predicted octanol–water partition coefficient (Wildman–Crippen LogP) is 1.85. The first-order chi connectivity index (χ1) is 12.8. The summed E-state index contributed by atoms with van der Waals surface area (Å²) in [5.41, 5.74) is 0. The van der Waals surface area contributed by atoms with Gasteiger partial charge in [-0.15, -0.1) is 24.0 Å². The van der Waals surface area contributed by atoms with E-state index in [-0.39, 0.29) is 29.9 Å². The van der Waals surface area contributed by atoms with Crippen molar-refractivity contribution in [3.05, 3.63) is 24.4 Å². The van der Waals surface area contributed by atoms with Crippen LogP contribution < -0.4 is 15.5 Å². The number of halogens is 1. The van der Waals surface area contributed by atoms with E-state index in [2.05, 4.69) is 30.4 Å². The number of carbonyl (C=O) groups is 1. The summed E-state index contributed by atoms with van der Waals surface area (Å²) in [5, 5.41) is 6.46. The molecule has 1 amide bonds. The van der Waals surface area contributed by atoms with E-state index in [1.807, 2.05) is 24.4 Å². The van der Waals surface area contributed by atoms with Crippen LogP contribution in [0.3, 0.4) is 0 Å². The number of aromatic nitrogens is 1.